The van der Waals surface area contributed by atoms with Gasteiger partial charge in [-0.05, 0) is 77.9 Å². The summed E-state index contributed by atoms with van der Waals surface area (Å²) in [6, 6.07) is 25.6. The molecule has 0 saturated heterocycles. The number of hydrogen-bond donors (Lipinski definition) is 2. The Balaban J connectivity index is 1.87. The van der Waals surface area contributed by atoms with Gasteiger partial charge in [0.15, 0.2) is 0 Å². The third-order valence-electron chi connectivity index (χ3n) is 5.96. The van der Waals surface area contributed by atoms with Gasteiger partial charge in [-0.1, -0.05) is 59.7 Å². The minimum absolute atomic E-state index is 0.790. The second kappa shape index (κ2) is 6.52. The van der Waals surface area contributed by atoms with Gasteiger partial charge in [-0.2, -0.15) is 0 Å². The highest BCUT2D eigenvalue weighted by Gasteiger charge is 2.25. The van der Waals surface area contributed by atoms with E-state index in [2.05, 4.69) is 74.5 Å². The Morgan fingerprint density at radius 1 is 0.586 bits per heavy atom. The summed E-state index contributed by atoms with van der Waals surface area (Å²) in [6.07, 6.45) is 0.910. The lowest BCUT2D eigenvalue weighted by molar-refractivity contribution is 1.26. The van der Waals surface area contributed by atoms with Crippen molar-refractivity contribution in [3.05, 3.63) is 95.1 Å². The van der Waals surface area contributed by atoms with Crippen LogP contribution < -0.4 is 11.5 Å². The van der Waals surface area contributed by atoms with Crippen molar-refractivity contribution in [3.8, 4) is 33.4 Å². The molecule has 0 bridgehead atoms. The minimum atomic E-state index is 0.790. The quantitative estimate of drug-likeness (QED) is 0.352. The van der Waals surface area contributed by atoms with E-state index in [1.807, 2.05) is 12.1 Å². The Kier molecular flexibility index (Phi) is 3.95. The lowest BCUT2D eigenvalue weighted by Crippen LogP contribution is -1.99. The molecule has 0 fully saturated rings. The Labute approximate surface area is 171 Å². The fourth-order valence-electron chi connectivity index (χ4n) is 4.53. The molecule has 4 aromatic carbocycles. The maximum absolute atomic E-state index is 6.50. The molecule has 0 radical (unpaired) electrons. The van der Waals surface area contributed by atoms with Gasteiger partial charge in [0, 0.05) is 22.5 Å². The molecule has 0 spiro atoms. The van der Waals surface area contributed by atoms with Crippen LogP contribution in [0.1, 0.15) is 22.3 Å². The minimum Gasteiger partial charge on any atom is -0.398 e. The SMILES string of the molecule is Cc1ccc(N)c(-c2ccc3c(c2-c2cc(C)ccc2N)Cc2ccccc2-3)c1. The first-order valence-electron chi connectivity index (χ1n) is 10.00. The number of anilines is 2. The molecule has 5 rings (SSSR count). The summed E-state index contributed by atoms with van der Waals surface area (Å²) in [5.74, 6) is 0. The molecule has 0 heterocycles. The second-order valence-electron chi connectivity index (χ2n) is 8.03. The van der Waals surface area contributed by atoms with Gasteiger partial charge >= 0.3 is 0 Å². The van der Waals surface area contributed by atoms with E-state index in [4.69, 9.17) is 11.5 Å². The summed E-state index contributed by atoms with van der Waals surface area (Å²) in [7, 11) is 0. The third-order valence-corrected chi connectivity index (χ3v) is 5.96. The predicted molar refractivity (Wildman–Crippen MR) is 124 cm³/mol. The molecular weight excluding hydrogens is 352 g/mol. The molecular formula is C27H24N2. The Bertz CT molecular complexity index is 1270. The lowest BCUT2D eigenvalue weighted by Gasteiger charge is -2.19. The fourth-order valence-corrected chi connectivity index (χ4v) is 4.53. The van der Waals surface area contributed by atoms with Crippen LogP contribution in [-0.4, -0.2) is 0 Å². The van der Waals surface area contributed by atoms with E-state index >= 15 is 0 Å². The van der Waals surface area contributed by atoms with E-state index < -0.39 is 0 Å². The molecule has 4 aromatic rings. The van der Waals surface area contributed by atoms with Crippen LogP contribution in [0.25, 0.3) is 33.4 Å². The summed E-state index contributed by atoms with van der Waals surface area (Å²) in [4.78, 5) is 0. The van der Waals surface area contributed by atoms with Crippen molar-refractivity contribution < 1.29 is 0 Å². The third kappa shape index (κ3) is 2.80. The smallest absolute Gasteiger partial charge is 0.0394 e. The largest absolute Gasteiger partial charge is 0.398 e. The van der Waals surface area contributed by atoms with Gasteiger partial charge in [-0.15, -0.1) is 0 Å². The average Bonchev–Trinajstić information content (AvgIpc) is 3.10. The first-order chi connectivity index (χ1) is 14.0. The normalized spacial score (nSPS) is 11.9. The van der Waals surface area contributed by atoms with Crippen LogP contribution in [0.2, 0.25) is 0 Å². The number of benzene rings is 4. The number of nitrogens with two attached hydrogens (primary N) is 2. The van der Waals surface area contributed by atoms with E-state index in [0.29, 0.717) is 0 Å². The second-order valence-corrected chi connectivity index (χ2v) is 8.03. The highest BCUT2D eigenvalue weighted by molar-refractivity contribution is 5.98. The predicted octanol–water partition coefficient (Wildman–Crippen LogP) is 6.37. The number of rotatable bonds is 2. The first-order valence-corrected chi connectivity index (χ1v) is 10.00. The number of aryl methyl sites for hydroxylation is 2. The van der Waals surface area contributed by atoms with Crippen LogP contribution in [-0.2, 0) is 6.42 Å². The summed E-state index contributed by atoms with van der Waals surface area (Å²) >= 11 is 0. The van der Waals surface area contributed by atoms with E-state index in [0.717, 1.165) is 34.5 Å². The summed E-state index contributed by atoms with van der Waals surface area (Å²) < 4.78 is 0. The Morgan fingerprint density at radius 2 is 1.21 bits per heavy atom. The van der Waals surface area contributed by atoms with Gasteiger partial charge in [-0.3, -0.25) is 0 Å². The molecule has 0 saturated carbocycles. The van der Waals surface area contributed by atoms with Crippen molar-refractivity contribution in [1.29, 1.82) is 0 Å². The zero-order chi connectivity index (χ0) is 20.1. The molecule has 142 valence electrons. The van der Waals surface area contributed by atoms with Crippen LogP contribution in [0.15, 0.2) is 72.8 Å². The molecule has 29 heavy (non-hydrogen) atoms. The highest BCUT2D eigenvalue weighted by Crippen LogP contribution is 2.48. The van der Waals surface area contributed by atoms with Crippen molar-refractivity contribution in [2.24, 2.45) is 0 Å². The van der Waals surface area contributed by atoms with Gasteiger partial charge in [0.25, 0.3) is 0 Å². The molecule has 0 unspecified atom stereocenters. The van der Waals surface area contributed by atoms with Crippen LogP contribution in [0.3, 0.4) is 0 Å². The van der Waals surface area contributed by atoms with Crippen LogP contribution in [0.4, 0.5) is 11.4 Å². The molecule has 1 aliphatic carbocycles. The van der Waals surface area contributed by atoms with Crippen molar-refractivity contribution in [2.45, 2.75) is 20.3 Å². The van der Waals surface area contributed by atoms with Crippen molar-refractivity contribution >= 4 is 11.4 Å². The molecule has 0 aliphatic heterocycles. The first kappa shape index (κ1) is 17.6. The van der Waals surface area contributed by atoms with Gasteiger partial charge in [-0.25, -0.2) is 0 Å². The summed E-state index contributed by atoms with van der Waals surface area (Å²) in [5.41, 5.74) is 26.8. The molecule has 2 heteroatoms. The molecule has 4 N–H and O–H groups in total. The van der Waals surface area contributed by atoms with E-state index in [1.165, 1.54) is 38.9 Å². The van der Waals surface area contributed by atoms with Crippen molar-refractivity contribution in [1.82, 2.24) is 0 Å². The molecule has 0 atom stereocenters. The number of hydrogen-bond acceptors (Lipinski definition) is 2. The van der Waals surface area contributed by atoms with Crippen LogP contribution in [0, 0.1) is 13.8 Å². The molecule has 0 amide bonds. The monoisotopic (exact) mass is 376 g/mol. The van der Waals surface area contributed by atoms with Crippen molar-refractivity contribution in [3.63, 3.8) is 0 Å². The van der Waals surface area contributed by atoms with E-state index in [1.54, 1.807) is 0 Å². The van der Waals surface area contributed by atoms with Gasteiger partial charge in [0.05, 0.1) is 0 Å². The zero-order valence-electron chi connectivity index (χ0n) is 16.8. The average molecular weight is 377 g/mol. The van der Waals surface area contributed by atoms with E-state index in [9.17, 15) is 0 Å². The number of nitrogen functional groups attached to an aromatic ring is 2. The fraction of sp³-hybridized carbons (Fsp3) is 0.111. The maximum atomic E-state index is 6.50. The Hall–Kier alpha value is -3.52. The van der Waals surface area contributed by atoms with Gasteiger partial charge < -0.3 is 11.5 Å². The zero-order valence-corrected chi connectivity index (χ0v) is 16.8. The van der Waals surface area contributed by atoms with E-state index in [-0.39, 0.29) is 0 Å². The van der Waals surface area contributed by atoms with Crippen molar-refractivity contribution in [2.75, 3.05) is 11.5 Å². The maximum Gasteiger partial charge on any atom is 0.0394 e. The van der Waals surface area contributed by atoms with Crippen LogP contribution >= 0.6 is 0 Å². The van der Waals surface area contributed by atoms with Gasteiger partial charge in [0.2, 0.25) is 0 Å². The highest BCUT2D eigenvalue weighted by atomic mass is 14.6. The topological polar surface area (TPSA) is 52.0 Å². The van der Waals surface area contributed by atoms with Crippen LogP contribution in [0.5, 0.6) is 0 Å². The Morgan fingerprint density at radius 3 is 1.97 bits per heavy atom. The lowest BCUT2D eigenvalue weighted by atomic mass is 9.86. The summed E-state index contributed by atoms with van der Waals surface area (Å²) in [5, 5.41) is 0. The molecule has 2 nitrogen and oxygen atoms in total. The molecule has 0 aromatic heterocycles. The number of fused-ring (bicyclic) bond motifs is 3. The van der Waals surface area contributed by atoms with Gasteiger partial charge in [0.1, 0.15) is 0 Å². The standard InChI is InChI=1S/C27H24N2/c1-16-7-11-25(28)22(13-16)21-10-9-20-19-6-4-3-5-18(19)15-23(20)27(21)24-14-17(2)8-12-26(24)29/h3-14H,15,28-29H2,1-2H3. The molecule has 1 aliphatic rings. The summed E-state index contributed by atoms with van der Waals surface area (Å²) in [6.45, 7) is 4.22.